The molecule has 0 heterocycles. The van der Waals surface area contributed by atoms with E-state index >= 15 is 0 Å². The Bertz CT molecular complexity index is 512. The fraction of sp³-hybridized carbons (Fsp3) is 0.385. The third-order valence-electron chi connectivity index (χ3n) is 2.75. The molecule has 0 aliphatic heterocycles. The Hall–Kier alpha value is -2.00. The summed E-state index contributed by atoms with van der Waals surface area (Å²) in [4.78, 5) is 9.70. The molecule has 0 saturated carbocycles. The van der Waals surface area contributed by atoms with Crippen LogP contribution in [0, 0.1) is 34.1 Å². The minimum absolute atomic E-state index is 0.00601. The molecule has 19 heavy (non-hydrogen) atoms. The van der Waals surface area contributed by atoms with E-state index in [2.05, 4.69) is 11.2 Å². The predicted octanol–water partition coefficient (Wildman–Crippen LogP) is 2.76. The molecule has 1 N–H and O–H groups in total. The number of halogens is 2. The Labute approximate surface area is 110 Å². The van der Waals surface area contributed by atoms with Gasteiger partial charge >= 0.3 is 5.69 Å². The minimum atomic E-state index is -1.18. The average Bonchev–Trinajstić information content (AvgIpc) is 2.35. The molecule has 1 aromatic rings. The van der Waals surface area contributed by atoms with E-state index in [9.17, 15) is 18.9 Å². The summed E-state index contributed by atoms with van der Waals surface area (Å²) >= 11 is 0. The number of nitrogens with zero attached hydrogens (tertiary/aromatic N) is 1. The Morgan fingerprint density at radius 1 is 1.47 bits per heavy atom. The molecule has 0 bridgehead atoms. The summed E-state index contributed by atoms with van der Waals surface area (Å²) in [7, 11) is 0. The number of nitro benzene ring substituents is 1. The SMILES string of the molecule is C#CCC(CC)NCc1cc([N+](=O)[O-])c(F)cc1F. The molecular weight excluding hydrogens is 254 g/mol. The maximum Gasteiger partial charge on any atom is 0.305 e. The maximum absolute atomic E-state index is 13.5. The Morgan fingerprint density at radius 3 is 2.68 bits per heavy atom. The van der Waals surface area contributed by atoms with Crippen molar-refractivity contribution in [3.63, 3.8) is 0 Å². The Kier molecular flexibility index (Phi) is 5.39. The number of terminal acetylenes is 1. The molecule has 0 amide bonds. The molecular formula is C13H14F2N2O2. The van der Waals surface area contributed by atoms with E-state index < -0.39 is 22.2 Å². The minimum Gasteiger partial charge on any atom is -0.309 e. The highest BCUT2D eigenvalue weighted by atomic mass is 19.1. The third-order valence-corrected chi connectivity index (χ3v) is 2.75. The van der Waals surface area contributed by atoms with Crippen molar-refractivity contribution in [3.05, 3.63) is 39.4 Å². The number of benzene rings is 1. The highest BCUT2D eigenvalue weighted by molar-refractivity contribution is 5.37. The Morgan fingerprint density at radius 2 is 2.16 bits per heavy atom. The third kappa shape index (κ3) is 4.00. The van der Waals surface area contributed by atoms with Gasteiger partial charge in [-0.15, -0.1) is 12.3 Å². The van der Waals surface area contributed by atoms with Crippen molar-refractivity contribution in [1.82, 2.24) is 5.32 Å². The number of hydrogen-bond acceptors (Lipinski definition) is 3. The van der Waals surface area contributed by atoms with Gasteiger partial charge in [0.05, 0.1) is 4.92 Å². The molecule has 1 aromatic carbocycles. The normalized spacial score (nSPS) is 11.9. The molecule has 1 atom stereocenters. The molecule has 4 nitrogen and oxygen atoms in total. The van der Waals surface area contributed by atoms with Gasteiger partial charge in [0, 0.05) is 36.7 Å². The average molecular weight is 268 g/mol. The number of rotatable bonds is 6. The first-order chi connectivity index (χ1) is 8.99. The zero-order chi connectivity index (χ0) is 14.4. The second kappa shape index (κ2) is 6.81. The van der Waals surface area contributed by atoms with Gasteiger partial charge < -0.3 is 5.32 Å². The van der Waals surface area contributed by atoms with Crippen molar-refractivity contribution >= 4 is 5.69 Å². The molecule has 1 rings (SSSR count). The molecule has 0 fully saturated rings. The highest BCUT2D eigenvalue weighted by Crippen LogP contribution is 2.21. The van der Waals surface area contributed by atoms with Crippen LogP contribution in [0.4, 0.5) is 14.5 Å². The topological polar surface area (TPSA) is 55.2 Å². The van der Waals surface area contributed by atoms with E-state index in [4.69, 9.17) is 6.42 Å². The number of hydrogen-bond donors (Lipinski definition) is 1. The van der Waals surface area contributed by atoms with E-state index in [0.29, 0.717) is 12.5 Å². The van der Waals surface area contributed by atoms with Crippen LogP contribution in [-0.2, 0) is 6.54 Å². The quantitative estimate of drug-likeness (QED) is 0.490. The maximum atomic E-state index is 13.5. The van der Waals surface area contributed by atoms with Gasteiger partial charge in [0.2, 0.25) is 5.82 Å². The lowest BCUT2D eigenvalue weighted by atomic mass is 10.1. The van der Waals surface area contributed by atoms with Gasteiger partial charge in [0.25, 0.3) is 0 Å². The van der Waals surface area contributed by atoms with Crippen LogP contribution >= 0.6 is 0 Å². The zero-order valence-corrected chi connectivity index (χ0v) is 10.5. The smallest absolute Gasteiger partial charge is 0.305 e. The number of nitro groups is 1. The van der Waals surface area contributed by atoms with E-state index in [0.717, 1.165) is 12.5 Å². The van der Waals surface area contributed by atoms with Crippen LogP contribution in [0.1, 0.15) is 25.3 Å². The Balaban J connectivity index is 2.86. The van der Waals surface area contributed by atoms with Gasteiger partial charge in [-0.3, -0.25) is 10.1 Å². The predicted molar refractivity (Wildman–Crippen MR) is 67.4 cm³/mol. The van der Waals surface area contributed by atoms with Crippen molar-refractivity contribution in [2.45, 2.75) is 32.4 Å². The van der Waals surface area contributed by atoms with Gasteiger partial charge in [-0.1, -0.05) is 6.92 Å². The van der Waals surface area contributed by atoms with Crippen molar-refractivity contribution < 1.29 is 13.7 Å². The van der Waals surface area contributed by atoms with Crippen molar-refractivity contribution in [3.8, 4) is 12.3 Å². The fourth-order valence-electron chi connectivity index (χ4n) is 1.61. The summed E-state index contributed by atoms with van der Waals surface area (Å²) in [5.74, 6) is 0.491. The van der Waals surface area contributed by atoms with E-state index in [-0.39, 0.29) is 18.2 Å². The highest BCUT2D eigenvalue weighted by Gasteiger charge is 2.18. The fourth-order valence-corrected chi connectivity index (χ4v) is 1.61. The van der Waals surface area contributed by atoms with E-state index in [1.54, 1.807) is 0 Å². The van der Waals surface area contributed by atoms with Gasteiger partial charge in [-0.25, -0.2) is 4.39 Å². The lowest BCUT2D eigenvalue weighted by Crippen LogP contribution is -2.27. The number of nitrogens with one attached hydrogen (secondary N) is 1. The molecule has 0 saturated heterocycles. The summed E-state index contributed by atoms with van der Waals surface area (Å²) in [5.41, 5.74) is -0.688. The zero-order valence-electron chi connectivity index (χ0n) is 10.5. The van der Waals surface area contributed by atoms with Crippen molar-refractivity contribution in [2.24, 2.45) is 0 Å². The van der Waals surface area contributed by atoms with E-state index in [1.807, 2.05) is 6.92 Å². The first-order valence-corrected chi connectivity index (χ1v) is 5.78. The van der Waals surface area contributed by atoms with Crippen LogP contribution in [0.2, 0.25) is 0 Å². The van der Waals surface area contributed by atoms with Crippen LogP contribution in [0.25, 0.3) is 0 Å². The van der Waals surface area contributed by atoms with Crippen molar-refractivity contribution in [2.75, 3.05) is 0 Å². The molecule has 1 unspecified atom stereocenters. The summed E-state index contributed by atoms with van der Waals surface area (Å²) in [5, 5.41) is 13.6. The van der Waals surface area contributed by atoms with Gasteiger partial charge in [0.15, 0.2) is 0 Å². The van der Waals surface area contributed by atoms with Crippen LogP contribution < -0.4 is 5.32 Å². The molecule has 0 aliphatic carbocycles. The summed E-state index contributed by atoms with van der Waals surface area (Å²) in [6, 6.07) is 1.42. The second-order valence-corrected chi connectivity index (χ2v) is 4.05. The van der Waals surface area contributed by atoms with Crippen molar-refractivity contribution in [1.29, 1.82) is 0 Å². The molecule has 0 radical (unpaired) electrons. The second-order valence-electron chi connectivity index (χ2n) is 4.05. The molecule has 6 heteroatoms. The molecule has 0 aromatic heterocycles. The largest absolute Gasteiger partial charge is 0.309 e. The van der Waals surface area contributed by atoms with Crippen LogP contribution in [-0.4, -0.2) is 11.0 Å². The summed E-state index contributed by atoms with van der Waals surface area (Å²) < 4.78 is 26.6. The summed E-state index contributed by atoms with van der Waals surface area (Å²) in [6.07, 6.45) is 6.40. The van der Waals surface area contributed by atoms with Gasteiger partial charge in [-0.05, 0) is 6.42 Å². The molecule has 102 valence electrons. The molecule has 0 spiro atoms. The standard InChI is InChI=1S/C13H14F2N2O2/c1-3-5-10(4-2)16-8-9-6-13(17(18)19)12(15)7-11(9)14/h1,6-7,10,16H,4-5,8H2,2H3. The van der Waals surface area contributed by atoms with Gasteiger partial charge in [0.1, 0.15) is 5.82 Å². The summed E-state index contributed by atoms with van der Waals surface area (Å²) in [6.45, 7) is 1.98. The molecule has 0 aliphatic rings. The van der Waals surface area contributed by atoms with Crippen LogP contribution in [0.3, 0.4) is 0 Å². The monoisotopic (exact) mass is 268 g/mol. The first-order valence-electron chi connectivity index (χ1n) is 5.78. The van der Waals surface area contributed by atoms with Gasteiger partial charge in [-0.2, -0.15) is 4.39 Å². The van der Waals surface area contributed by atoms with Crippen LogP contribution in [0.15, 0.2) is 12.1 Å². The first kappa shape index (κ1) is 15.1. The van der Waals surface area contributed by atoms with Crippen LogP contribution in [0.5, 0.6) is 0 Å². The lowest BCUT2D eigenvalue weighted by molar-refractivity contribution is -0.387. The van der Waals surface area contributed by atoms with E-state index in [1.165, 1.54) is 0 Å². The lowest BCUT2D eigenvalue weighted by Gasteiger charge is -2.14.